The highest BCUT2D eigenvalue weighted by atomic mass is 16.1. The molecule has 0 amide bonds. The smallest absolute Gasteiger partial charge is 0.128 e. The molecular formula is C19H26N2O. The highest BCUT2D eigenvalue weighted by molar-refractivity contribution is 5.73. The van der Waals surface area contributed by atoms with Crippen molar-refractivity contribution in [1.82, 2.24) is 10.6 Å². The van der Waals surface area contributed by atoms with Crippen LogP contribution in [0.1, 0.15) is 42.9 Å². The molecule has 1 saturated carbocycles. The van der Waals surface area contributed by atoms with Crippen LogP contribution in [0.5, 0.6) is 0 Å². The summed E-state index contributed by atoms with van der Waals surface area (Å²) in [6, 6.07) is 8.45. The summed E-state index contributed by atoms with van der Waals surface area (Å²) >= 11 is 0. The third kappa shape index (κ3) is 3.14. The summed E-state index contributed by atoms with van der Waals surface area (Å²) in [4.78, 5) is 11.8. The number of rotatable bonds is 7. The molecule has 1 unspecified atom stereocenters. The summed E-state index contributed by atoms with van der Waals surface area (Å²) in [6.45, 7) is 3.88. The van der Waals surface area contributed by atoms with Crippen LogP contribution in [0.25, 0.3) is 5.57 Å². The number of aldehydes is 1. The summed E-state index contributed by atoms with van der Waals surface area (Å²) < 4.78 is 0. The van der Waals surface area contributed by atoms with Crippen LogP contribution in [0.15, 0.2) is 43.1 Å². The van der Waals surface area contributed by atoms with Crippen LogP contribution < -0.4 is 10.6 Å². The molecule has 0 bridgehead atoms. The van der Waals surface area contributed by atoms with Gasteiger partial charge in [-0.15, -0.1) is 0 Å². The Bertz CT molecular complexity index is 556. The molecule has 1 aromatic rings. The van der Waals surface area contributed by atoms with Gasteiger partial charge in [-0.2, -0.15) is 0 Å². The van der Waals surface area contributed by atoms with Gasteiger partial charge in [0.25, 0.3) is 0 Å². The number of carbonyl (C=O) groups is 1. The van der Waals surface area contributed by atoms with E-state index in [0.29, 0.717) is 0 Å². The third-order valence-electron chi connectivity index (χ3n) is 4.71. The van der Waals surface area contributed by atoms with E-state index in [-0.39, 0.29) is 11.5 Å². The topological polar surface area (TPSA) is 41.1 Å². The van der Waals surface area contributed by atoms with E-state index < -0.39 is 0 Å². The predicted octanol–water partition coefficient (Wildman–Crippen LogP) is 3.45. The SMILES string of the molecule is C=C/C(=C\NC)c1cccc(C(NC)C2(C=O)CCCC2)c1. The van der Waals surface area contributed by atoms with Gasteiger partial charge >= 0.3 is 0 Å². The lowest BCUT2D eigenvalue weighted by molar-refractivity contribution is -0.117. The number of hydrogen-bond acceptors (Lipinski definition) is 3. The largest absolute Gasteiger partial charge is 0.393 e. The molecule has 1 aromatic carbocycles. The van der Waals surface area contributed by atoms with Crippen molar-refractivity contribution in [2.24, 2.45) is 5.41 Å². The van der Waals surface area contributed by atoms with E-state index in [9.17, 15) is 4.79 Å². The maximum absolute atomic E-state index is 11.8. The highest BCUT2D eigenvalue weighted by Gasteiger charge is 2.41. The van der Waals surface area contributed by atoms with Gasteiger partial charge in [0, 0.05) is 24.7 Å². The zero-order chi connectivity index (χ0) is 16.0. The van der Waals surface area contributed by atoms with Crippen molar-refractivity contribution in [2.45, 2.75) is 31.7 Å². The Morgan fingerprint density at radius 2 is 2.05 bits per heavy atom. The van der Waals surface area contributed by atoms with Crippen LogP contribution in [-0.4, -0.2) is 20.4 Å². The Hall–Kier alpha value is -1.87. The van der Waals surface area contributed by atoms with Crippen molar-refractivity contribution >= 4 is 11.9 Å². The van der Waals surface area contributed by atoms with Crippen molar-refractivity contribution in [3.63, 3.8) is 0 Å². The zero-order valence-corrected chi connectivity index (χ0v) is 13.6. The lowest BCUT2D eigenvalue weighted by Crippen LogP contribution is -2.36. The molecular weight excluding hydrogens is 272 g/mol. The van der Waals surface area contributed by atoms with Crippen molar-refractivity contribution in [1.29, 1.82) is 0 Å². The van der Waals surface area contributed by atoms with Crippen LogP contribution >= 0.6 is 0 Å². The number of carbonyl (C=O) groups excluding carboxylic acids is 1. The first-order chi connectivity index (χ1) is 10.7. The quantitative estimate of drug-likeness (QED) is 0.598. The summed E-state index contributed by atoms with van der Waals surface area (Å²) in [6.07, 6.45) is 9.15. The molecule has 3 nitrogen and oxygen atoms in total. The van der Waals surface area contributed by atoms with Crippen LogP contribution in [0, 0.1) is 5.41 Å². The van der Waals surface area contributed by atoms with Crippen LogP contribution in [-0.2, 0) is 4.79 Å². The van der Waals surface area contributed by atoms with E-state index in [1.807, 2.05) is 26.4 Å². The molecule has 1 aliphatic carbocycles. The maximum Gasteiger partial charge on any atom is 0.128 e. The maximum atomic E-state index is 11.8. The molecule has 0 saturated heterocycles. The molecule has 2 N–H and O–H groups in total. The monoisotopic (exact) mass is 298 g/mol. The van der Waals surface area contributed by atoms with E-state index >= 15 is 0 Å². The molecule has 0 heterocycles. The second kappa shape index (κ2) is 7.41. The number of allylic oxidation sites excluding steroid dienone is 2. The molecule has 0 aromatic heterocycles. The third-order valence-corrected chi connectivity index (χ3v) is 4.71. The van der Waals surface area contributed by atoms with Gasteiger partial charge in [0.2, 0.25) is 0 Å². The van der Waals surface area contributed by atoms with Gasteiger partial charge in [0.15, 0.2) is 0 Å². The molecule has 1 atom stereocenters. The Labute approximate surface area is 133 Å². The molecule has 0 aliphatic heterocycles. The fraction of sp³-hybridized carbons (Fsp3) is 0.421. The van der Waals surface area contributed by atoms with Gasteiger partial charge in [0.1, 0.15) is 6.29 Å². The Balaban J connectivity index is 2.40. The molecule has 0 spiro atoms. The number of hydrogen-bond donors (Lipinski definition) is 2. The lowest BCUT2D eigenvalue weighted by Gasteiger charge is -2.33. The molecule has 22 heavy (non-hydrogen) atoms. The first-order valence-electron chi connectivity index (χ1n) is 7.94. The van der Waals surface area contributed by atoms with Crippen molar-refractivity contribution in [2.75, 3.05) is 14.1 Å². The van der Waals surface area contributed by atoms with Crippen molar-refractivity contribution in [3.05, 3.63) is 54.2 Å². The predicted molar refractivity (Wildman–Crippen MR) is 92.4 cm³/mol. The van der Waals surface area contributed by atoms with Gasteiger partial charge in [-0.05, 0) is 42.7 Å². The average molecular weight is 298 g/mol. The normalized spacial score (nSPS) is 18.7. The Morgan fingerprint density at radius 1 is 1.32 bits per heavy atom. The summed E-state index contributed by atoms with van der Waals surface area (Å²) in [5, 5.41) is 6.42. The number of benzene rings is 1. The lowest BCUT2D eigenvalue weighted by atomic mass is 9.76. The van der Waals surface area contributed by atoms with Crippen LogP contribution in [0.4, 0.5) is 0 Å². The fourth-order valence-electron chi connectivity index (χ4n) is 3.61. The zero-order valence-electron chi connectivity index (χ0n) is 13.6. The highest BCUT2D eigenvalue weighted by Crippen LogP contribution is 2.46. The molecule has 2 rings (SSSR count). The molecule has 0 radical (unpaired) electrons. The minimum absolute atomic E-state index is 0.0631. The minimum atomic E-state index is -0.269. The Kier molecular flexibility index (Phi) is 5.56. The first-order valence-corrected chi connectivity index (χ1v) is 7.94. The van der Waals surface area contributed by atoms with Crippen molar-refractivity contribution < 1.29 is 4.79 Å². The fourth-order valence-corrected chi connectivity index (χ4v) is 3.61. The molecule has 3 heteroatoms. The van der Waals surface area contributed by atoms with Crippen LogP contribution in [0.3, 0.4) is 0 Å². The number of nitrogens with one attached hydrogen (secondary N) is 2. The van der Waals surface area contributed by atoms with Crippen molar-refractivity contribution in [3.8, 4) is 0 Å². The Morgan fingerprint density at radius 3 is 2.59 bits per heavy atom. The van der Waals surface area contributed by atoms with Gasteiger partial charge in [0.05, 0.1) is 0 Å². The first kappa shape index (κ1) is 16.5. The second-order valence-corrected chi connectivity index (χ2v) is 6.00. The van der Waals surface area contributed by atoms with Crippen LogP contribution in [0.2, 0.25) is 0 Å². The summed E-state index contributed by atoms with van der Waals surface area (Å²) in [7, 11) is 3.82. The van der Waals surface area contributed by atoms with E-state index in [0.717, 1.165) is 42.4 Å². The van der Waals surface area contributed by atoms with E-state index in [4.69, 9.17) is 0 Å². The summed E-state index contributed by atoms with van der Waals surface area (Å²) in [5.41, 5.74) is 3.05. The average Bonchev–Trinajstić information content (AvgIpc) is 3.03. The van der Waals surface area contributed by atoms with E-state index in [1.165, 1.54) is 6.29 Å². The van der Waals surface area contributed by atoms with Gasteiger partial charge in [-0.1, -0.05) is 43.7 Å². The second-order valence-electron chi connectivity index (χ2n) is 6.00. The van der Waals surface area contributed by atoms with E-state index in [1.54, 1.807) is 0 Å². The van der Waals surface area contributed by atoms with Gasteiger partial charge in [-0.25, -0.2) is 0 Å². The summed E-state index contributed by atoms with van der Waals surface area (Å²) in [5.74, 6) is 0. The molecule has 118 valence electrons. The molecule has 1 aliphatic rings. The minimum Gasteiger partial charge on any atom is -0.393 e. The molecule has 1 fully saturated rings. The van der Waals surface area contributed by atoms with Gasteiger partial charge < -0.3 is 15.4 Å². The standard InChI is InChI=1S/C19H26N2O/c1-4-15(13-20-2)16-8-7-9-17(12-16)18(21-3)19(14-22)10-5-6-11-19/h4,7-9,12-14,18,20-21H,1,5-6,10-11H2,2-3H3/b15-13+. The van der Waals surface area contributed by atoms with Gasteiger partial charge in [-0.3, -0.25) is 0 Å². The van der Waals surface area contributed by atoms with E-state index in [2.05, 4.69) is 41.5 Å².